The summed E-state index contributed by atoms with van der Waals surface area (Å²) in [4.78, 5) is 26.1. The van der Waals surface area contributed by atoms with Crippen LogP contribution in [0.3, 0.4) is 0 Å². The molecule has 11 heteroatoms. The van der Waals surface area contributed by atoms with Crippen LogP contribution in [0.1, 0.15) is 11.7 Å². The summed E-state index contributed by atoms with van der Waals surface area (Å²) in [5.41, 5.74) is 7.83. The predicted molar refractivity (Wildman–Crippen MR) is 164 cm³/mol. The molecule has 44 heavy (non-hydrogen) atoms. The van der Waals surface area contributed by atoms with Crippen molar-refractivity contribution in [1.82, 2.24) is 0 Å². The topological polar surface area (TPSA) is 151 Å². The molecule has 0 spiro atoms. The van der Waals surface area contributed by atoms with Crippen molar-refractivity contribution in [3.05, 3.63) is 115 Å². The second kappa shape index (κ2) is 14.5. The molecular formula is C33H31N3O8. The van der Waals surface area contributed by atoms with E-state index in [0.717, 1.165) is 0 Å². The normalized spacial score (nSPS) is 13.1. The number of hydrogen-bond acceptors (Lipinski definition) is 9. The minimum absolute atomic E-state index is 0.0958. The number of carbonyl (C=O) groups is 2. The Hall–Kier alpha value is -5.68. The van der Waals surface area contributed by atoms with E-state index in [9.17, 15) is 9.59 Å². The highest BCUT2D eigenvalue weighted by Crippen LogP contribution is 2.35. The molecule has 5 N–H and O–H groups in total. The highest BCUT2D eigenvalue weighted by atomic mass is 16.7. The standard InChI is InChI=1S/C33H31N3O8/c34-26-8-4-5-9-27(26)36-31(38)17-16-29(43-25-6-2-1-3-7-25)32(22-10-13-24(14-11-22)40-19-18-37)44-33(39)35-23-12-15-28-30(20-23)42-21-41-28/h1-17,20,29,32,37H,18-19,21,34H2,(H,35,39)(H,36,38)/b17-16+/t29-,32-/m1/s1. The summed E-state index contributed by atoms with van der Waals surface area (Å²) in [6, 6.07) is 27.6. The fourth-order valence-electron chi connectivity index (χ4n) is 4.30. The Morgan fingerprint density at radius 3 is 2.41 bits per heavy atom. The Balaban J connectivity index is 1.42. The summed E-state index contributed by atoms with van der Waals surface area (Å²) in [6.07, 6.45) is 0.0529. The van der Waals surface area contributed by atoms with E-state index < -0.39 is 24.2 Å². The molecule has 5 rings (SSSR count). The number of rotatable bonds is 12. The van der Waals surface area contributed by atoms with Gasteiger partial charge >= 0.3 is 6.09 Å². The smallest absolute Gasteiger partial charge is 0.412 e. The molecule has 0 radical (unpaired) electrons. The summed E-state index contributed by atoms with van der Waals surface area (Å²) in [7, 11) is 0. The van der Waals surface area contributed by atoms with Gasteiger partial charge in [-0.2, -0.15) is 0 Å². The third-order valence-electron chi connectivity index (χ3n) is 6.39. The number of nitrogen functional groups attached to an aromatic ring is 1. The number of anilines is 3. The molecule has 11 nitrogen and oxygen atoms in total. The number of aliphatic hydroxyl groups excluding tert-OH is 1. The predicted octanol–water partition coefficient (Wildman–Crippen LogP) is 5.30. The monoisotopic (exact) mass is 597 g/mol. The minimum Gasteiger partial charge on any atom is -0.491 e. The van der Waals surface area contributed by atoms with Crippen LogP contribution in [0.5, 0.6) is 23.0 Å². The quantitative estimate of drug-likeness (QED) is 0.126. The van der Waals surface area contributed by atoms with E-state index in [2.05, 4.69) is 10.6 Å². The van der Waals surface area contributed by atoms with Gasteiger partial charge in [0.25, 0.3) is 0 Å². The van der Waals surface area contributed by atoms with Crippen LogP contribution in [0.2, 0.25) is 0 Å². The maximum Gasteiger partial charge on any atom is 0.412 e. The number of nitrogens with one attached hydrogen (secondary N) is 2. The second-order valence-corrected chi connectivity index (χ2v) is 9.49. The van der Waals surface area contributed by atoms with E-state index in [1.54, 1.807) is 91.0 Å². The minimum atomic E-state index is -1.03. The highest BCUT2D eigenvalue weighted by Gasteiger charge is 2.28. The fraction of sp³-hybridized carbons (Fsp3) is 0.152. The molecule has 226 valence electrons. The Morgan fingerprint density at radius 2 is 1.64 bits per heavy atom. The van der Waals surface area contributed by atoms with Crippen LogP contribution < -0.4 is 35.3 Å². The molecule has 0 fully saturated rings. The lowest BCUT2D eigenvalue weighted by atomic mass is 10.0. The van der Waals surface area contributed by atoms with Crippen LogP contribution in [-0.2, 0) is 9.53 Å². The Labute approximate surface area is 253 Å². The van der Waals surface area contributed by atoms with Crippen LogP contribution in [-0.4, -0.2) is 43.2 Å². The molecule has 0 aromatic heterocycles. The van der Waals surface area contributed by atoms with Crippen LogP contribution in [0.4, 0.5) is 21.9 Å². The maximum atomic E-state index is 13.2. The van der Waals surface area contributed by atoms with Crippen molar-refractivity contribution >= 4 is 29.1 Å². The molecule has 0 aliphatic carbocycles. The van der Waals surface area contributed by atoms with E-state index in [0.29, 0.717) is 45.6 Å². The molecule has 2 amide bonds. The number of fused-ring (bicyclic) bond motifs is 1. The van der Waals surface area contributed by atoms with Crippen molar-refractivity contribution in [2.24, 2.45) is 0 Å². The molecule has 1 aliphatic rings. The number of ether oxygens (including phenoxy) is 5. The van der Waals surface area contributed by atoms with E-state index >= 15 is 0 Å². The second-order valence-electron chi connectivity index (χ2n) is 9.49. The first kappa shape index (κ1) is 29.8. The Kier molecular flexibility index (Phi) is 9.80. The lowest BCUT2D eigenvalue weighted by Gasteiger charge is -2.26. The van der Waals surface area contributed by atoms with E-state index in [1.807, 2.05) is 6.07 Å². The molecule has 0 saturated carbocycles. The first-order valence-corrected chi connectivity index (χ1v) is 13.7. The average Bonchev–Trinajstić information content (AvgIpc) is 3.51. The van der Waals surface area contributed by atoms with Gasteiger partial charge in [0.05, 0.1) is 18.0 Å². The summed E-state index contributed by atoms with van der Waals surface area (Å²) in [6.45, 7) is 0.0847. The van der Waals surface area contributed by atoms with Crippen LogP contribution in [0.25, 0.3) is 0 Å². The third-order valence-corrected chi connectivity index (χ3v) is 6.39. The van der Waals surface area contributed by atoms with Crippen molar-refractivity contribution in [2.45, 2.75) is 12.2 Å². The first-order chi connectivity index (χ1) is 21.5. The number of carbonyl (C=O) groups excluding carboxylic acids is 2. The Bertz CT molecular complexity index is 1590. The van der Waals surface area contributed by atoms with Gasteiger partial charge in [-0.1, -0.05) is 42.5 Å². The van der Waals surface area contributed by atoms with Gasteiger partial charge in [-0.15, -0.1) is 0 Å². The van der Waals surface area contributed by atoms with Crippen molar-refractivity contribution in [2.75, 3.05) is 36.4 Å². The van der Waals surface area contributed by atoms with Crippen molar-refractivity contribution in [3.63, 3.8) is 0 Å². The van der Waals surface area contributed by atoms with Gasteiger partial charge in [0.2, 0.25) is 12.7 Å². The molecule has 1 heterocycles. The summed E-state index contributed by atoms with van der Waals surface area (Å²) in [5.74, 6) is 1.61. The van der Waals surface area contributed by atoms with Gasteiger partial charge in [0, 0.05) is 17.8 Å². The molecule has 4 aromatic rings. The average molecular weight is 598 g/mol. The Morgan fingerprint density at radius 1 is 0.886 bits per heavy atom. The number of hydrogen-bond donors (Lipinski definition) is 4. The highest BCUT2D eigenvalue weighted by molar-refractivity contribution is 6.01. The van der Waals surface area contributed by atoms with Crippen LogP contribution in [0, 0.1) is 0 Å². The summed E-state index contributed by atoms with van der Waals surface area (Å²) in [5, 5.41) is 14.6. The van der Waals surface area contributed by atoms with E-state index in [-0.39, 0.29) is 20.0 Å². The molecule has 2 atom stereocenters. The molecule has 0 bridgehead atoms. The van der Waals surface area contributed by atoms with Crippen molar-refractivity contribution in [1.29, 1.82) is 0 Å². The zero-order valence-electron chi connectivity index (χ0n) is 23.6. The van der Waals surface area contributed by atoms with Gasteiger partial charge in [-0.3, -0.25) is 10.1 Å². The van der Waals surface area contributed by atoms with Crippen molar-refractivity contribution in [3.8, 4) is 23.0 Å². The van der Waals surface area contributed by atoms with Gasteiger partial charge in [-0.25, -0.2) is 4.79 Å². The van der Waals surface area contributed by atoms with Gasteiger partial charge in [0.15, 0.2) is 23.7 Å². The van der Waals surface area contributed by atoms with Crippen LogP contribution in [0.15, 0.2) is 109 Å². The molecule has 4 aromatic carbocycles. The molecule has 0 unspecified atom stereocenters. The van der Waals surface area contributed by atoms with Crippen LogP contribution >= 0.6 is 0 Å². The third kappa shape index (κ3) is 7.99. The van der Waals surface area contributed by atoms with Gasteiger partial charge in [0.1, 0.15) is 18.1 Å². The SMILES string of the molecule is Nc1ccccc1NC(=O)/C=C/[C@@H](Oc1ccccc1)[C@H](OC(=O)Nc1ccc2c(c1)OCO2)c1ccc(OCCO)cc1. The summed E-state index contributed by atoms with van der Waals surface area (Å²) >= 11 is 0. The molecule has 1 aliphatic heterocycles. The fourth-order valence-corrected chi connectivity index (χ4v) is 4.30. The van der Waals surface area contributed by atoms with Crippen molar-refractivity contribution < 1.29 is 38.4 Å². The van der Waals surface area contributed by atoms with E-state index in [1.165, 1.54) is 12.2 Å². The number of benzene rings is 4. The lowest BCUT2D eigenvalue weighted by molar-refractivity contribution is -0.112. The maximum absolute atomic E-state index is 13.2. The lowest BCUT2D eigenvalue weighted by Crippen LogP contribution is -2.30. The summed E-state index contributed by atoms with van der Waals surface area (Å²) < 4.78 is 28.4. The zero-order valence-corrected chi connectivity index (χ0v) is 23.6. The number of aliphatic hydroxyl groups is 1. The number of amides is 2. The zero-order chi connectivity index (χ0) is 30.7. The molecule has 0 saturated heterocycles. The van der Waals surface area contributed by atoms with Gasteiger partial charge < -0.3 is 39.8 Å². The number of para-hydroxylation sites is 3. The number of nitrogens with two attached hydrogens (primary N) is 1. The van der Waals surface area contributed by atoms with Gasteiger partial charge in [-0.05, 0) is 60.2 Å². The largest absolute Gasteiger partial charge is 0.491 e. The first-order valence-electron chi connectivity index (χ1n) is 13.7. The van der Waals surface area contributed by atoms with E-state index in [4.69, 9.17) is 34.5 Å². The molecular weight excluding hydrogens is 566 g/mol.